The average Bonchev–Trinajstić information content (AvgIpc) is 2.62. The Hall–Kier alpha value is -3.02. The monoisotopic (exact) mass is 356 g/mol. The first-order valence-corrected chi connectivity index (χ1v) is 8.48. The van der Waals surface area contributed by atoms with E-state index < -0.39 is 6.09 Å². The Bertz CT molecular complexity index is 739. The van der Waals surface area contributed by atoms with Gasteiger partial charge in [-0.25, -0.2) is 10.2 Å². The SMILES string of the molecule is CCOC(=O)N/N=C/c1ccccc1OCCOc1c(C)cccc1C. The molecule has 1 N–H and O–H groups in total. The number of aryl methyl sites for hydroxylation is 2. The molecule has 26 heavy (non-hydrogen) atoms. The third-order valence-electron chi connectivity index (χ3n) is 3.55. The summed E-state index contributed by atoms with van der Waals surface area (Å²) in [5, 5.41) is 3.86. The molecule has 2 rings (SSSR count). The topological polar surface area (TPSA) is 69.2 Å². The van der Waals surface area contributed by atoms with Crippen molar-refractivity contribution in [3.63, 3.8) is 0 Å². The number of hydrogen-bond donors (Lipinski definition) is 1. The minimum Gasteiger partial charge on any atom is -0.489 e. The van der Waals surface area contributed by atoms with Gasteiger partial charge >= 0.3 is 6.09 Å². The van der Waals surface area contributed by atoms with E-state index >= 15 is 0 Å². The quantitative estimate of drug-likeness (QED) is 0.443. The number of amides is 1. The predicted octanol–water partition coefficient (Wildman–Crippen LogP) is 3.84. The van der Waals surface area contributed by atoms with Gasteiger partial charge in [0.2, 0.25) is 0 Å². The van der Waals surface area contributed by atoms with Crippen LogP contribution in [0.2, 0.25) is 0 Å². The van der Waals surface area contributed by atoms with Crippen LogP contribution >= 0.6 is 0 Å². The highest BCUT2D eigenvalue weighted by molar-refractivity contribution is 5.84. The van der Waals surface area contributed by atoms with Crippen LogP contribution in [0.4, 0.5) is 4.79 Å². The molecule has 0 heterocycles. The zero-order chi connectivity index (χ0) is 18.8. The summed E-state index contributed by atoms with van der Waals surface area (Å²) >= 11 is 0. The van der Waals surface area contributed by atoms with E-state index in [-0.39, 0.29) is 0 Å². The van der Waals surface area contributed by atoms with Crippen molar-refractivity contribution in [2.24, 2.45) is 5.10 Å². The second-order valence-electron chi connectivity index (χ2n) is 5.55. The summed E-state index contributed by atoms with van der Waals surface area (Å²) < 4.78 is 16.4. The average molecular weight is 356 g/mol. The van der Waals surface area contributed by atoms with Crippen LogP contribution in [0.5, 0.6) is 11.5 Å². The molecule has 6 heteroatoms. The van der Waals surface area contributed by atoms with Gasteiger partial charge in [-0.15, -0.1) is 0 Å². The Kier molecular flexibility index (Phi) is 7.49. The van der Waals surface area contributed by atoms with E-state index in [4.69, 9.17) is 14.2 Å². The third kappa shape index (κ3) is 5.81. The fourth-order valence-corrected chi connectivity index (χ4v) is 2.36. The van der Waals surface area contributed by atoms with Crippen molar-refractivity contribution in [1.82, 2.24) is 5.43 Å². The maximum Gasteiger partial charge on any atom is 0.427 e. The predicted molar refractivity (Wildman–Crippen MR) is 101 cm³/mol. The van der Waals surface area contributed by atoms with E-state index in [9.17, 15) is 4.79 Å². The molecule has 0 bridgehead atoms. The molecule has 0 aromatic heterocycles. The first-order chi connectivity index (χ1) is 12.6. The molecular weight excluding hydrogens is 332 g/mol. The highest BCUT2D eigenvalue weighted by atomic mass is 16.6. The van der Waals surface area contributed by atoms with Crippen LogP contribution in [0.3, 0.4) is 0 Å². The largest absolute Gasteiger partial charge is 0.489 e. The van der Waals surface area contributed by atoms with E-state index in [1.807, 2.05) is 56.3 Å². The van der Waals surface area contributed by atoms with Crippen molar-refractivity contribution < 1.29 is 19.0 Å². The summed E-state index contributed by atoms with van der Waals surface area (Å²) in [6.07, 6.45) is 0.919. The van der Waals surface area contributed by atoms with Crippen molar-refractivity contribution >= 4 is 12.3 Å². The second-order valence-corrected chi connectivity index (χ2v) is 5.55. The van der Waals surface area contributed by atoms with Crippen LogP contribution in [0.15, 0.2) is 47.6 Å². The number of ether oxygens (including phenoxy) is 3. The van der Waals surface area contributed by atoms with E-state index in [1.54, 1.807) is 6.92 Å². The van der Waals surface area contributed by atoms with E-state index in [0.717, 1.165) is 22.4 Å². The lowest BCUT2D eigenvalue weighted by molar-refractivity contribution is 0.152. The molecule has 0 unspecified atom stereocenters. The number of hydrogen-bond acceptors (Lipinski definition) is 5. The van der Waals surface area contributed by atoms with Gasteiger partial charge in [-0.3, -0.25) is 0 Å². The smallest absolute Gasteiger partial charge is 0.427 e. The molecule has 0 fully saturated rings. The molecule has 138 valence electrons. The summed E-state index contributed by atoms with van der Waals surface area (Å²) in [4.78, 5) is 11.2. The second kappa shape index (κ2) is 10.1. The maximum absolute atomic E-state index is 11.2. The van der Waals surface area contributed by atoms with Gasteiger partial charge in [0.15, 0.2) is 0 Å². The van der Waals surface area contributed by atoms with Gasteiger partial charge in [0.1, 0.15) is 24.7 Å². The maximum atomic E-state index is 11.2. The van der Waals surface area contributed by atoms with E-state index in [2.05, 4.69) is 10.5 Å². The standard InChI is InChI=1S/C20H24N2O4/c1-4-24-20(23)22-21-14-17-10-5-6-11-18(17)25-12-13-26-19-15(2)8-7-9-16(19)3/h5-11,14H,4,12-13H2,1-3H3,(H,22,23)/b21-14+. The molecule has 0 aliphatic rings. The first-order valence-electron chi connectivity index (χ1n) is 8.48. The lowest BCUT2D eigenvalue weighted by Crippen LogP contribution is -2.18. The minimum absolute atomic E-state index is 0.293. The molecule has 6 nitrogen and oxygen atoms in total. The van der Waals surface area contributed by atoms with Crippen LogP contribution in [0.25, 0.3) is 0 Å². The van der Waals surface area contributed by atoms with Crippen molar-refractivity contribution in [3.8, 4) is 11.5 Å². The van der Waals surface area contributed by atoms with Gasteiger partial charge in [-0.1, -0.05) is 30.3 Å². The molecule has 0 aliphatic heterocycles. The highest BCUT2D eigenvalue weighted by Crippen LogP contribution is 2.22. The van der Waals surface area contributed by atoms with Crippen molar-refractivity contribution in [1.29, 1.82) is 0 Å². The van der Waals surface area contributed by atoms with Crippen LogP contribution in [0.1, 0.15) is 23.6 Å². The molecule has 0 saturated carbocycles. The molecule has 0 spiro atoms. The number of carbonyl (C=O) groups excluding carboxylic acids is 1. The van der Waals surface area contributed by atoms with Gasteiger partial charge < -0.3 is 14.2 Å². The summed E-state index contributed by atoms with van der Waals surface area (Å²) in [5.41, 5.74) is 5.23. The number of nitrogens with zero attached hydrogens (tertiary/aromatic N) is 1. The van der Waals surface area contributed by atoms with Gasteiger partial charge in [0.05, 0.1) is 12.8 Å². The number of nitrogens with one attached hydrogen (secondary N) is 1. The Morgan fingerprint density at radius 2 is 1.73 bits per heavy atom. The molecule has 1 amide bonds. The van der Waals surface area contributed by atoms with Gasteiger partial charge in [0.25, 0.3) is 0 Å². The Morgan fingerprint density at radius 1 is 1.04 bits per heavy atom. The normalized spacial score (nSPS) is 10.6. The zero-order valence-electron chi connectivity index (χ0n) is 15.3. The summed E-state index contributed by atoms with van der Waals surface area (Å²) in [7, 11) is 0. The Morgan fingerprint density at radius 3 is 2.46 bits per heavy atom. The van der Waals surface area contributed by atoms with Crippen molar-refractivity contribution in [2.75, 3.05) is 19.8 Å². The molecule has 0 radical (unpaired) electrons. The van der Waals surface area contributed by atoms with Crippen molar-refractivity contribution in [2.45, 2.75) is 20.8 Å². The minimum atomic E-state index is -0.593. The Labute approximate surface area is 153 Å². The van der Waals surface area contributed by atoms with Crippen LogP contribution in [-0.2, 0) is 4.74 Å². The first kappa shape index (κ1) is 19.3. The zero-order valence-corrected chi connectivity index (χ0v) is 15.3. The highest BCUT2D eigenvalue weighted by Gasteiger charge is 2.05. The van der Waals surface area contributed by atoms with Gasteiger partial charge in [-0.05, 0) is 44.0 Å². The number of para-hydroxylation sites is 2. The summed E-state index contributed by atoms with van der Waals surface area (Å²) in [6, 6.07) is 13.5. The molecule has 0 saturated heterocycles. The number of rotatable bonds is 8. The molecule has 0 atom stereocenters. The molecule has 0 aliphatic carbocycles. The lowest BCUT2D eigenvalue weighted by atomic mass is 10.1. The fraction of sp³-hybridized carbons (Fsp3) is 0.300. The van der Waals surface area contributed by atoms with Crippen LogP contribution in [0, 0.1) is 13.8 Å². The lowest BCUT2D eigenvalue weighted by Gasteiger charge is -2.13. The number of benzene rings is 2. The van der Waals surface area contributed by atoms with E-state index in [0.29, 0.717) is 25.6 Å². The third-order valence-corrected chi connectivity index (χ3v) is 3.55. The van der Waals surface area contributed by atoms with Crippen molar-refractivity contribution in [3.05, 3.63) is 59.2 Å². The number of hydrazone groups is 1. The van der Waals surface area contributed by atoms with E-state index in [1.165, 1.54) is 6.21 Å². The molecular formula is C20H24N2O4. The molecule has 2 aromatic rings. The van der Waals surface area contributed by atoms with Crippen LogP contribution < -0.4 is 14.9 Å². The van der Waals surface area contributed by atoms with Gasteiger partial charge in [-0.2, -0.15) is 5.10 Å². The number of carbonyl (C=O) groups is 1. The summed E-state index contributed by atoms with van der Waals surface area (Å²) in [5.74, 6) is 1.55. The van der Waals surface area contributed by atoms with Gasteiger partial charge in [0, 0.05) is 5.56 Å². The Balaban J connectivity index is 1.88. The fourth-order valence-electron chi connectivity index (χ4n) is 2.36. The van der Waals surface area contributed by atoms with Crippen LogP contribution in [-0.4, -0.2) is 32.1 Å². The molecule has 2 aromatic carbocycles. The summed E-state index contributed by atoms with van der Waals surface area (Å²) in [6.45, 7) is 6.88.